The van der Waals surface area contributed by atoms with E-state index in [9.17, 15) is 9.59 Å². The van der Waals surface area contributed by atoms with Crippen molar-refractivity contribution in [1.29, 1.82) is 0 Å². The monoisotopic (exact) mass is 482 g/mol. The summed E-state index contributed by atoms with van der Waals surface area (Å²) in [6.07, 6.45) is 0. The number of amides is 1. The molecule has 2 aromatic carbocycles. The Hall–Kier alpha value is -2.87. The predicted octanol–water partition coefficient (Wildman–Crippen LogP) is 3.30. The molecule has 0 unspecified atom stereocenters. The van der Waals surface area contributed by atoms with Gasteiger partial charge in [-0.05, 0) is 44.4 Å². The average Bonchev–Trinajstić information content (AvgIpc) is 3.13. The second-order valence-electron chi connectivity index (χ2n) is 8.91. The summed E-state index contributed by atoms with van der Waals surface area (Å²) in [6.45, 7) is 4.75. The van der Waals surface area contributed by atoms with Crippen molar-refractivity contribution in [3.05, 3.63) is 64.8 Å². The van der Waals surface area contributed by atoms with Crippen LogP contribution in [0.5, 0.6) is 5.75 Å². The summed E-state index contributed by atoms with van der Waals surface area (Å²) >= 11 is 5.97. The van der Waals surface area contributed by atoms with Gasteiger partial charge >= 0.3 is 0 Å². The minimum Gasteiger partial charge on any atom is -0.487 e. The van der Waals surface area contributed by atoms with E-state index in [2.05, 4.69) is 23.9 Å². The topological polar surface area (TPSA) is 58.0 Å². The molecular weight excluding hydrogens is 452 g/mol. The summed E-state index contributed by atoms with van der Waals surface area (Å²) in [6, 6.07) is 14.7. The van der Waals surface area contributed by atoms with E-state index in [1.807, 2.05) is 35.9 Å². The number of likely N-dealkylation sites (N-methyl/N-ethyl adjacent to an activating group) is 1. The fourth-order valence-electron chi connectivity index (χ4n) is 4.32. The van der Waals surface area contributed by atoms with E-state index in [-0.39, 0.29) is 6.61 Å². The number of benzene rings is 2. The van der Waals surface area contributed by atoms with Crippen molar-refractivity contribution in [1.82, 2.24) is 19.3 Å². The molecular formula is C26H31ClN4O3. The Morgan fingerprint density at radius 1 is 1.00 bits per heavy atom. The summed E-state index contributed by atoms with van der Waals surface area (Å²) in [5.74, 6) is -0.280. The molecule has 8 heteroatoms. The van der Waals surface area contributed by atoms with Crippen molar-refractivity contribution >= 4 is 34.2 Å². The van der Waals surface area contributed by atoms with Gasteiger partial charge in [-0.15, -0.1) is 0 Å². The second kappa shape index (κ2) is 10.6. The molecule has 0 radical (unpaired) electrons. The molecule has 0 spiro atoms. The molecule has 0 bridgehead atoms. The first-order chi connectivity index (χ1) is 16.3. The quantitative estimate of drug-likeness (QED) is 0.364. The van der Waals surface area contributed by atoms with Crippen molar-refractivity contribution in [3.63, 3.8) is 0 Å². The van der Waals surface area contributed by atoms with Crippen LogP contribution in [0.2, 0.25) is 5.02 Å². The molecule has 1 amide bonds. The summed E-state index contributed by atoms with van der Waals surface area (Å²) in [5, 5.41) is 1.39. The highest BCUT2D eigenvalue weighted by Crippen LogP contribution is 2.28. The Morgan fingerprint density at radius 3 is 2.35 bits per heavy atom. The number of nitrogens with zero attached hydrogens (tertiary/aromatic N) is 4. The number of carbonyl (C=O) groups excluding carboxylic acids is 2. The van der Waals surface area contributed by atoms with Crippen LogP contribution in [0.3, 0.4) is 0 Å². The van der Waals surface area contributed by atoms with Gasteiger partial charge in [-0.1, -0.05) is 29.8 Å². The van der Waals surface area contributed by atoms with E-state index in [0.29, 0.717) is 35.1 Å². The highest BCUT2D eigenvalue weighted by molar-refractivity contribution is 6.45. The van der Waals surface area contributed by atoms with Gasteiger partial charge in [0.25, 0.3) is 11.7 Å². The number of hydrogen-bond donors (Lipinski definition) is 0. The third-order valence-corrected chi connectivity index (χ3v) is 6.61. The van der Waals surface area contributed by atoms with Gasteiger partial charge in [-0.2, -0.15) is 0 Å². The van der Waals surface area contributed by atoms with Gasteiger partial charge in [-0.3, -0.25) is 14.5 Å². The third kappa shape index (κ3) is 5.27. The Morgan fingerprint density at radius 2 is 1.68 bits per heavy atom. The number of piperazine rings is 1. The number of fused-ring (bicyclic) bond motifs is 1. The van der Waals surface area contributed by atoms with Crippen molar-refractivity contribution in [2.24, 2.45) is 7.05 Å². The number of aromatic nitrogens is 1. The number of Topliss-reactive ketones (excluding diaryl/α,β-unsaturated/α-hetero) is 1. The van der Waals surface area contributed by atoms with Gasteiger partial charge in [0, 0.05) is 62.2 Å². The highest BCUT2D eigenvalue weighted by atomic mass is 35.5. The number of ether oxygens (including phenoxy) is 1. The number of para-hydroxylation sites is 1. The zero-order valence-electron chi connectivity index (χ0n) is 20.0. The molecule has 3 aromatic rings. The fraction of sp³-hybridized carbons (Fsp3) is 0.385. The fourth-order valence-corrected chi connectivity index (χ4v) is 4.44. The molecule has 180 valence electrons. The average molecular weight is 483 g/mol. The number of aryl methyl sites for hydroxylation is 1. The van der Waals surface area contributed by atoms with Crippen LogP contribution in [0.15, 0.2) is 48.5 Å². The Balaban J connectivity index is 1.54. The first-order valence-electron chi connectivity index (χ1n) is 11.5. The number of rotatable bonds is 8. The van der Waals surface area contributed by atoms with Crippen molar-refractivity contribution in [2.75, 3.05) is 53.4 Å². The lowest BCUT2D eigenvalue weighted by Crippen LogP contribution is -2.51. The lowest BCUT2D eigenvalue weighted by molar-refractivity contribution is -0.128. The number of carbonyl (C=O) groups is 2. The van der Waals surface area contributed by atoms with E-state index >= 15 is 0 Å². The Labute approximate surface area is 205 Å². The predicted molar refractivity (Wildman–Crippen MR) is 135 cm³/mol. The van der Waals surface area contributed by atoms with Crippen LogP contribution in [-0.2, 0) is 18.4 Å². The summed E-state index contributed by atoms with van der Waals surface area (Å²) in [4.78, 5) is 33.0. The minimum absolute atomic E-state index is 0.166. The molecule has 34 heavy (non-hydrogen) atoms. The standard InChI is InChI=1S/C26H31ClN4O3/c1-28(2)12-13-30-14-16-31(17-15-30)26(33)25(32)24-21-6-4-5-7-22(21)29(3)23(24)18-34-20-10-8-19(27)9-11-20/h4-11H,12-18H2,1-3H3. The van der Waals surface area contributed by atoms with Crippen LogP contribution in [0.1, 0.15) is 16.1 Å². The van der Waals surface area contributed by atoms with E-state index in [1.54, 1.807) is 29.2 Å². The summed E-state index contributed by atoms with van der Waals surface area (Å²) < 4.78 is 7.90. The van der Waals surface area contributed by atoms with Crippen molar-refractivity contribution in [2.45, 2.75) is 6.61 Å². The number of halogens is 1. The third-order valence-electron chi connectivity index (χ3n) is 6.36. The van der Waals surface area contributed by atoms with Gasteiger partial charge in [0.1, 0.15) is 12.4 Å². The number of ketones is 1. The largest absolute Gasteiger partial charge is 0.487 e. The first-order valence-corrected chi connectivity index (χ1v) is 11.9. The molecule has 0 saturated carbocycles. The Kier molecular flexibility index (Phi) is 7.56. The van der Waals surface area contributed by atoms with Crippen molar-refractivity contribution < 1.29 is 14.3 Å². The van der Waals surface area contributed by atoms with Crippen molar-refractivity contribution in [3.8, 4) is 5.75 Å². The highest BCUT2D eigenvalue weighted by Gasteiger charge is 2.31. The molecule has 0 N–H and O–H groups in total. The molecule has 1 saturated heterocycles. The molecule has 1 fully saturated rings. The first kappa shape index (κ1) is 24.3. The normalized spacial score (nSPS) is 14.7. The lowest BCUT2D eigenvalue weighted by Gasteiger charge is -2.34. The molecule has 7 nitrogen and oxygen atoms in total. The maximum atomic E-state index is 13.5. The van der Waals surface area contributed by atoms with Gasteiger partial charge < -0.3 is 19.1 Å². The molecule has 2 heterocycles. The molecule has 1 aliphatic heterocycles. The van der Waals surface area contributed by atoms with Crippen LogP contribution in [0, 0.1) is 0 Å². The van der Waals surface area contributed by atoms with E-state index in [1.165, 1.54) is 0 Å². The zero-order chi connectivity index (χ0) is 24.2. The molecule has 1 aliphatic rings. The van der Waals surface area contributed by atoms with Crippen LogP contribution in [0.4, 0.5) is 0 Å². The van der Waals surface area contributed by atoms with Gasteiger partial charge in [-0.25, -0.2) is 0 Å². The number of hydrogen-bond acceptors (Lipinski definition) is 5. The molecule has 0 atom stereocenters. The maximum Gasteiger partial charge on any atom is 0.295 e. The molecule has 0 aliphatic carbocycles. The van der Waals surface area contributed by atoms with Crippen LogP contribution < -0.4 is 4.74 Å². The van der Waals surface area contributed by atoms with E-state index in [4.69, 9.17) is 16.3 Å². The Bertz CT molecular complexity index is 1160. The van der Waals surface area contributed by atoms with E-state index in [0.717, 1.165) is 37.1 Å². The van der Waals surface area contributed by atoms with E-state index < -0.39 is 11.7 Å². The summed E-state index contributed by atoms with van der Waals surface area (Å²) in [7, 11) is 6.00. The molecule has 1 aromatic heterocycles. The van der Waals surface area contributed by atoms with Gasteiger partial charge in [0.2, 0.25) is 0 Å². The second-order valence-corrected chi connectivity index (χ2v) is 9.34. The van der Waals surface area contributed by atoms with Gasteiger partial charge in [0.05, 0.1) is 11.3 Å². The lowest BCUT2D eigenvalue weighted by atomic mass is 10.0. The van der Waals surface area contributed by atoms with Crippen LogP contribution in [-0.4, -0.2) is 84.3 Å². The maximum absolute atomic E-state index is 13.5. The summed E-state index contributed by atoms with van der Waals surface area (Å²) in [5.41, 5.74) is 1.99. The zero-order valence-corrected chi connectivity index (χ0v) is 20.7. The minimum atomic E-state index is -0.478. The molecule has 4 rings (SSSR count). The van der Waals surface area contributed by atoms with Crippen LogP contribution >= 0.6 is 11.6 Å². The smallest absolute Gasteiger partial charge is 0.295 e. The SMILES string of the molecule is CN(C)CCN1CCN(C(=O)C(=O)c2c(COc3ccc(Cl)cc3)n(C)c3ccccc23)CC1. The van der Waals surface area contributed by atoms with Crippen LogP contribution in [0.25, 0.3) is 10.9 Å². The van der Waals surface area contributed by atoms with Gasteiger partial charge in [0.15, 0.2) is 0 Å².